The van der Waals surface area contributed by atoms with Crippen LogP contribution in [-0.4, -0.2) is 39.0 Å². The zero-order valence-corrected chi connectivity index (χ0v) is 12.8. The van der Waals surface area contributed by atoms with Crippen LogP contribution < -0.4 is 5.32 Å². The number of nitrogens with one attached hydrogen (secondary N) is 1. The van der Waals surface area contributed by atoms with Crippen LogP contribution in [0, 0.1) is 0 Å². The second kappa shape index (κ2) is 7.13. The van der Waals surface area contributed by atoms with E-state index in [0.29, 0.717) is 12.2 Å². The number of rotatable bonds is 7. The number of benzene rings is 1. The fraction of sp³-hybridized carbons (Fsp3) is 0.538. The monoisotopic (exact) mass is 324 g/mol. The van der Waals surface area contributed by atoms with Gasteiger partial charge in [-0.2, -0.15) is 13.2 Å². The van der Waals surface area contributed by atoms with Crippen molar-refractivity contribution in [2.45, 2.75) is 30.8 Å². The lowest BCUT2D eigenvalue weighted by Crippen LogP contribution is -2.31. The molecule has 0 saturated carbocycles. The smallest absolute Gasteiger partial charge is 0.384 e. The van der Waals surface area contributed by atoms with E-state index in [0.717, 1.165) is 17.8 Å². The molecule has 0 bridgehead atoms. The summed E-state index contributed by atoms with van der Waals surface area (Å²) in [5, 5.41) is 2.97. The minimum atomic E-state index is -4.39. The molecule has 0 spiro atoms. The van der Waals surface area contributed by atoms with Gasteiger partial charge in [0.05, 0.1) is 12.1 Å². The van der Waals surface area contributed by atoms with E-state index in [-0.39, 0.29) is 4.90 Å². The first-order chi connectivity index (χ1) is 9.68. The first-order valence-corrected chi connectivity index (χ1v) is 7.98. The van der Waals surface area contributed by atoms with Gasteiger partial charge in [-0.15, -0.1) is 0 Å². The molecule has 0 atom stereocenters. The summed E-state index contributed by atoms with van der Waals surface area (Å²) in [5.74, 6) is 0. The van der Waals surface area contributed by atoms with Crippen molar-refractivity contribution in [3.8, 4) is 0 Å². The molecule has 120 valence electrons. The molecule has 0 aliphatic carbocycles. The van der Waals surface area contributed by atoms with Crippen molar-refractivity contribution in [1.29, 1.82) is 0 Å². The van der Waals surface area contributed by atoms with Gasteiger partial charge >= 0.3 is 6.18 Å². The Morgan fingerprint density at radius 1 is 1.24 bits per heavy atom. The van der Waals surface area contributed by atoms with Crippen LogP contribution in [0.3, 0.4) is 0 Å². The fourth-order valence-electron chi connectivity index (χ4n) is 1.67. The van der Waals surface area contributed by atoms with Gasteiger partial charge in [-0.25, -0.2) is 12.7 Å². The van der Waals surface area contributed by atoms with E-state index in [4.69, 9.17) is 0 Å². The number of hydrogen-bond donors (Lipinski definition) is 1. The summed E-state index contributed by atoms with van der Waals surface area (Å²) in [6.45, 7) is 1.91. The molecule has 0 aliphatic rings. The van der Waals surface area contributed by atoms with E-state index >= 15 is 0 Å². The minimum absolute atomic E-state index is 0.0110. The Hall–Kier alpha value is -1.28. The highest BCUT2D eigenvalue weighted by Gasteiger charge is 2.31. The molecule has 0 heterocycles. The van der Waals surface area contributed by atoms with Gasteiger partial charge in [0.1, 0.15) is 4.90 Å². The molecule has 0 aliphatic heterocycles. The average Bonchev–Trinajstić information content (AvgIpc) is 2.41. The van der Waals surface area contributed by atoms with Crippen LogP contribution in [-0.2, 0) is 10.0 Å². The summed E-state index contributed by atoms with van der Waals surface area (Å²) < 4.78 is 62.1. The summed E-state index contributed by atoms with van der Waals surface area (Å²) in [6.07, 6.45) is -4.75. The van der Waals surface area contributed by atoms with Gasteiger partial charge in [0.2, 0.25) is 10.0 Å². The second-order valence-corrected chi connectivity index (χ2v) is 6.63. The van der Waals surface area contributed by atoms with Crippen LogP contribution in [0.4, 0.5) is 18.9 Å². The molecule has 0 fully saturated rings. The molecule has 1 rings (SSSR count). The number of hydrogen-bond acceptors (Lipinski definition) is 3. The van der Waals surface area contributed by atoms with Crippen molar-refractivity contribution in [1.82, 2.24) is 4.31 Å². The van der Waals surface area contributed by atoms with E-state index in [1.165, 1.54) is 6.07 Å². The Morgan fingerprint density at radius 2 is 1.86 bits per heavy atom. The van der Waals surface area contributed by atoms with Crippen LogP contribution in [0.15, 0.2) is 29.2 Å². The van der Waals surface area contributed by atoms with Gasteiger partial charge in [-0.3, -0.25) is 0 Å². The molecule has 8 heteroatoms. The Morgan fingerprint density at radius 3 is 2.43 bits per heavy atom. The molecular weight excluding hydrogens is 305 g/mol. The van der Waals surface area contributed by atoms with Crippen LogP contribution in [0.5, 0.6) is 0 Å². The maximum absolute atomic E-state index is 12.4. The van der Waals surface area contributed by atoms with Crippen LogP contribution >= 0.6 is 0 Å². The van der Waals surface area contributed by atoms with Crippen molar-refractivity contribution < 1.29 is 21.6 Å². The number of anilines is 1. The lowest BCUT2D eigenvalue weighted by Gasteiger charge is -2.20. The van der Waals surface area contributed by atoms with Gasteiger partial charge in [-0.1, -0.05) is 19.1 Å². The van der Waals surface area contributed by atoms with Gasteiger partial charge in [0, 0.05) is 20.1 Å². The van der Waals surface area contributed by atoms with Gasteiger partial charge in [-0.05, 0) is 18.6 Å². The maximum atomic E-state index is 12.4. The lowest BCUT2D eigenvalue weighted by molar-refractivity contribution is -0.135. The van der Waals surface area contributed by atoms with E-state index in [1.54, 1.807) is 18.2 Å². The third-order valence-corrected chi connectivity index (χ3v) is 4.77. The average molecular weight is 324 g/mol. The molecule has 0 amide bonds. The van der Waals surface area contributed by atoms with Gasteiger partial charge < -0.3 is 5.32 Å². The molecular formula is C13H19F3N2O2S. The molecule has 1 aromatic rings. The zero-order valence-electron chi connectivity index (χ0n) is 11.9. The minimum Gasteiger partial charge on any atom is -0.384 e. The lowest BCUT2D eigenvalue weighted by atomic mass is 10.3. The molecule has 1 aromatic carbocycles. The first kappa shape index (κ1) is 17.8. The molecule has 0 radical (unpaired) electrons. The van der Waals surface area contributed by atoms with Crippen molar-refractivity contribution in [3.63, 3.8) is 0 Å². The quantitative estimate of drug-likeness (QED) is 0.838. The SMILES string of the molecule is CCCNc1ccccc1S(=O)(=O)N(C)CCC(F)(F)F. The van der Waals surface area contributed by atoms with Gasteiger partial charge in [0.15, 0.2) is 0 Å². The highest BCUT2D eigenvalue weighted by molar-refractivity contribution is 7.89. The van der Waals surface area contributed by atoms with Crippen molar-refractivity contribution in [3.05, 3.63) is 24.3 Å². The Kier molecular flexibility index (Phi) is 6.03. The molecule has 0 aromatic heterocycles. The third-order valence-electron chi connectivity index (χ3n) is 2.85. The summed E-state index contributed by atoms with van der Waals surface area (Å²) in [6, 6.07) is 6.20. The second-order valence-electron chi connectivity index (χ2n) is 4.61. The number of alkyl halides is 3. The van der Waals surface area contributed by atoms with E-state index in [2.05, 4.69) is 5.32 Å². The van der Waals surface area contributed by atoms with Crippen molar-refractivity contribution in [2.24, 2.45) is 0 Å². The Labute approximate surface area is 123 Å². The maximum Gasteiger partial charge on any atom is 0.390 e. The zero-order chi connectivity index (χ0) is 16.1. The van der Waals surface area contributed by atoms with Crippen molar-refractivity contribution in [2.75, 3.05) is 25.5 Å². The Balaban J connectivity index is 2.96. The molecule has 21 heavy (non-hydrogen) atoms. The predicted octanol–water partition coefficient (Wildman–Crippen LogP) is 3.08. The topological polar surface area (TPSA) is 49.4 Å². The molecule has 0 saturated heterocycles. The molecule has 1 N–H and O–H groups in total. The van der Waals surface area contributed by atoms with E-state index in [9.17, 15) is 21.6 Å². The largest absolute Gasteiger partial charge is 0.390 e. The number of para-hydroxylation sites is 1. The van der Waals surface area contributed by atoms with Gasteiger partial charge in [0.25, 0.3) is 0 Å². The van der Waals surface area contributed by atoms with Crippen LogP contribution in [0.2, 0.25) is 0 Å². The summed E-state index contributed by atoms with van der Waals surface area (Å²) >= 11 is 0. The van der Waals surface area contributed by atoms with E-state index < -0.39 is 29.2 Å². The van der Waals surface area contributed by atoms with E-state index in [1.807, 2.05) is 6.92 Å². The van der Waals surface area contributed by atoms with Crippen molar-refractivity contribution >= 4 is 15.7 Å². The predicted molar refractivity (Wildman–Crippen MR) is 75.7 cm³/mol. The van der Waals surface area contributed by atoms with Crippen LogP contribution in [0.1, 0.15) is 19.8 Å². The summed E-state index contributed by atoms with van der Waals surface area (Å²) in [7, 11) is -2.80. The summed E-state index contributed by atoms with van der Waals surface area (Å²) in [4.78, 5) is -0.0110. The fourth-order valence-corrected chi connectivity index (χ4v) is 3.01. The molecule has 4 nitrogen and oxygen atoms in total. The first-order valence-electron chi connectivity index (χ1n) is 6.54. The normalized spacial score (nSPS) is 12.7. The standard InChI is InChI=1S/C13H19F3N2O2S/c1-3-9-17-11-6-4-5-7-12(11)21(19,20)18(2)10-8-13(14,15)16/h4-7,17H,3,8-10H2,1-2H3. The number of sulfonamides is 1. The van der Waals surface area contributed by atoms with Crippen LogP contribution in [0.25, 0.3) is 0 Å². The highest BCUT2D eigenvalue weighted by Crippen LogP contribution is 2.26. The number of halogens is 3. The summed E-state index contributed by atoms with van der Waals surface area (Å²) in [5.41, 5.74) is 0.401. The number of nitrogens with zero attached hydrogens (tertiary/aromatic N) is 1. The molecule has 0 unspecified atom stereocenters. The Bertz CT molecular complexity index is 559. The third kappa shape index (κ3) is 5.20. The highest BCUT2D eigenvalue weighted by atomic mass is 32.2.